The number of carbonyl (C=O) groups excluding carboxylic acids is 1. The summed E-state index contributed by atoms with van der Waals surface area (Å²) in [6, 6.07) is 0. The average Bonchev–Trinajstić information content (AvgIpc) is 2.00. The van der Waals surface area contributed by atoms with Crippen molar-refractivity contribution in [3.8, 4) is 0 Å². The fraction of sp³-hybridized carbons (Fsp3) is 0.857. The summed E-state index contributed by atoms with van der Waals surface area (Å²) in [5.74, 6) is -0.452. The van der Waals surface area contributed by atoms with Crippen molar-refractivity contribution in [3.05, 3.63) is 0 Å². The summed E-state index contributed by atoms with van der Waals surface area (Å²) in [5.41, 5.74) is 0. The van der Waals surface area contributed by atoms with Gasteiger partial charge in [-0.1, -0.05) is 0 Å². The molecule has 0 aliphatic carbocycles. The Morgan fingerprint density at radius 1 is 1.80 bits per heavy atom. The summed E-state index contributed by atoms with van der Waals surface area (Å²) in [5, 5.41) is 0. The highest BCUT2D eigenvalue weighted by Crippen LogP contribution is 2.20. The maximum atomic E-state index is 10.6. The van der Waals surface area contributed by atoms with E-state index in [2.05, 4.69) is 0 Å². The maximum absolute atomic E-state index is 10.6. The van der Waals surface area contributed by atoms with Crippen LogP contribution in [0.15, 0.2) is 0 Å². The zero-order valence-corrected chi connectivity index (χ0v) is 7.46. The molecular formula is C7H14O2S. The second-order valence-corrected chi connectivity index (χ2v) is 4.14. The van der Waals surface area contributed by atoms with Crippen LogP contribution in [0.2, 0.25) is 0 Å². The van der Waals surface area contributed by atoms with E-state index in [1.807, 2.05) is 20.1 Å². The molecule has 2 nitrogen and oxygen atoms in total. The van der Waals surface area contributed by atoms with Gasteiger partial charge in [-0.3, -0.25) is 4.79 Å². The minimum Gasteiger partial charge on any atom is -0.464 e. The Hall–Kier alpha value is -0.180. The van der Waals surface area contributed by atoms with Crippen LogP contribution in [0.1, 0.15) is 22.1 Å². The molecule has 0 unspecified atom stereocenters. The molecule has 0 rings (SSSR count). The van der Waals surface area contributed by atoms with E-state index in [1.54, 1.807) is 11.8 Å². The van der Waals surface area contributed by atoms with Crippen molar-refractivity contribution in [1.82, 2.24) is 0 Å². The predicted molar refractivity (Wildman–Crippen MR) is 44.2 cm³/mol. The smallest absolute Gasteiger partial charge is 0.302 e. The quantitative estimate of drug-likeness (QED) is 0.592. The molecule has 0 bridgehead atoms. The van der Waals surface area contributed by atoms with E-state index in [1.165, 1.54) is 0 Å². The van der Waals surface area contributed by atoms with Crippen LogP contribution in [0.5, 0.6) is 0 Å². The van der Waals surface area contributed by atoms with E-state index >= 15 is 0 Å². The van der Waals surface area contributed by atoms with Gasteiger partial charge in [-0.05, 0) is 20.1 Å². The van der Waals surface area contributed by atoms with Gasteiger partial charge in [0.2, 0.25) is 0 Å². The summed E-state index contributed by atoms with van der Waals surface area (Å²) < 4.78 is 11.5. The van der Waals surface area contributed by atoms with Gasteiger partial charge in [0.25, 0.3) is 0 Å². The molecule has 10 heavy (non-hydrogen) atoms. The molecule has 0 atom stereocenters. The normalized spacial score (nSPS) is 12.5. The molecule has 0 N–H and O–H groups in total. The summed E-state index contributed by atoms with van der Waals surface area (Å²) in [4.78, 5) is 10.6. The number of hydrogen-bond donors (Lipinski definition) is 0. The van der Waals surface area contributed by atoms with E-state index < -0.39 is 5.97 Å². The molecule has 0 radical (unpaired) electrons. The standard InChI is InChI=1S/C7H14O2S/c1-6(8)9-5-7(2,3)10-4/h5H2,1-4H3/i1D. The first-order chi connectivity index (χ1) is 5.02. The van der Waals surface area contributed by atoms with Crippen molar-refractivity contribution in [3.63, 3.8) is 0 Å². The lowest BCUT2D eigenvalue weighted by molar-refractivity contribution is -0.141. The summed E-state index contributed by atoms with van der Waals surface area (Å²) in [7, 11) is 0. The summed E-state index contributed by atoms with van der Waals surface area (Å²) in [6.07, 6.45) is 1.97. The Bertz CT molecular complexity index is 136. The fourth-order valence-electron chi connectivity index (χ4n) is 0.313. The van der Waals surface area contributed by atoms with E-state index in [-0.39, 0.29) is 11.6 Å². The Balaban J connectivity index is 3.61. The van der Waals surface area contributed by atoms with Crippen LogP contribution < -0.4 is 0 Å². The van der Waals surface area contributed by atoms with Crippen LogP contribution in [-0.4, -0.2) is 23.6 Å². The van der Waals surface area contributed by atoms with E-state index in [0.29, 0.717) is 6.61 Å². The molecule has 0 heterocycles. The number of hydrogen-bond acceptors (Lipinski definition) is 3. The predicted octanol–water partition coefficient (Wildman–Crippen LogP) is 1.69. The topological polar surface area (TPSA) is 26.3 Å². The molecule has 0 saturated heterocycles. The number of esters is 1. The molecule has 0 spiro atoms. The highest BCUT2D eigenvalue weighted by atomic mass is 32.2. The third-order valence-corrected chi connectivity index (χ3v) is 2.36. The van der Waals surface area contributed by atoms with Gasteiger partial charge >= 0.3 is 5.97 Å². The lowest BCUT2D eigenvalue weighted by atomic mass is 10.2. The van der Waals surface area contributed by atoms with Crippen molar-refractivity contribution in [2.75, 3.05) is 12.9 Å². The first kappa shape index (κ1) is 7.92. The Morgan fingerprint density at radius 3 is 2.80 bits per heavy atom. The molecule has 60 valence electrons. The van der Waals surface area contributed by atoms with Crippen LogP contribution in [0.25, 0.3) is 0 Å². The number of carbonyl (C=O) groups is 1. The Morgan fingerprint density at radius 2 is 2.40 bits per heavy atom. The number of ether oxygens (including phenoxy) is 1. The van der Waals surface area contributed by atoms with Gasteiger partial charge in [0.1, 0.15) is 6.61 Å². The second-order valence-electron chi connectivity index (χ2n) is 2.62. The van der Waals surface area contributed by atoms with Crippen LogP contribution >= 0.6 is 11.8 Å². The molecule has 0 aromatic carbocycles. The van der Waals surface area contributed by atoms with Gasteiger partial charge < -0.3 is 4.74 Å². The van der Waals surface area contributed by atoms with Gasteiger partial charge in [-0.2, -0.15) is 11.8 Å². The zero-order valence-electron chi connectivity index (χ0n) is 7.64. The van der Waals surface area contributed by atoms with Gasteiger partial charge in [0.05, 0.1) is 0 Å². The molecule has 0 aliphatic heterocycles. The second kappa shape index (κ2) is 3.86. The van der Waals surface area contributed by atoms with Crippen molar-refractivity contribution in [2.24, 2.45) is 0 Å². The van der Waals surface area contributed by atoms with Crippen molar-refractivity contribution >= 4 is 17.7 Å². The van der Waals surface area contributed by atoms with Crippen molar-refractivity contribution in [1.29, 1.82) is 0 Å². The van der Waals surface area contributed by atoms with Gasteiger partial charge in [0.15, 0.2) is 0 Å². The Kier molecular flexibility index (Phi) is 3.06. The first-order valence-corrected chi connectivity index (χ1v) is 4.24. The van der Waals surface area contributed by atoms with Crippen LogP contribution in [-0.2, 0) is 9.53 Å². The number of thioether (sulfide) groups is 1. The van der Waals surface area contributed by atoms with Gasteiger partial charge in [-0.25, -0.2) is 0 Å². The van der Waals surface area contributed by atoms with Crippen LogP contribution in [0.4, 0.5) is 0 Å². The zero-order chi connectivity index (χ0) is 8.91. The third kappa shape index (κ3) is 4.68. The highest BCUT2D eigenvalue weighted by molar-refractivity contribution is 7.99. The molecule has 0 aliphatic rings. The lowest BCUT2D eigenvalue weighted by Crippen LogP contribution is -2.23. The minimum atomic E-state index is -0.452. The van der Waals surface area contributed by atoms with Gasteiger partial charge in [-0.15, -0.1) is 0 Å². The minimum absolute atomic E-state index is 0.0369. The summed E-state index contributed by atoms with van der Waals surface area (Å²) in [6.45, 7) is 4.08. The molecule has 3 heteroatoms. The van der Waals surface area contributed by atoms with Crippen LogP contribution in [0, 0.1) is 0 Å². The van der Waals surface area contributed by atoms with E-state index in [9.17, 15) is 4.79 Å². The fourth-order valence-corrected chi connectivity index (χ4v) is 0.490. The average molecular weight is 163 g/mol. The molecule has 0 fully saturated rings. The van der Waals surface area contributed by atoms with Crippen LogP contribution in [0.3, 0.4) is 0 Å². The summed E-state index contributed by atoms with van der Waals surface area (Å²) >= 11 is 1.64. The molecule has 0 aromatic heterocycles. The highest BCUT2D eigenvalue weighted by Gasteiger charge is 2.16. The molecule has 0 amide bonds. The molecule has 0 aromatic rings. The molecule has 0 saturated carbocycles. The van der Waals surface area contributed by atoms with E-state index in [4.69, 9.17) is 6.11 Å². The maximum Gasteiger partial charge on any atom is 0.302 e. The van der Waals surface area contributed by atoms with Crippen molar-refractivity contribution < 1.29 is 10.9 Å². The van der Waals surface area contributed by atoms with E-state index in [0.717, 1.165) is 0 Å². The Labute approximate surface area is 67.7 Å². The third-order valence-electron chi connectivity index (χ3n) is 1.13. The van der Waals surface area contributed by atoms with Crippen molar-refractivity contribution in [2.45, 2.75) is 25.5 Å². The largest absolute Gasteiger partial charge is 0.464 e. The SMILES string of the molecule is [2H]CC(=O)OCC(C)(C)SC. The number of rotatable bonds is 3. The van der Waals surface area contributed by atoms with Gasteiger partial charge in [0, 0.05) is 13.0 Å². The molecular weight excluding hydrogens is 148 g/mol. The first-order valence-electron chi connectivity index (χ1n) is 3.72. The monoisotopic (exact) mass is 163 g/mol. The lowest BCUT2D eigenvalue weighted by Gasteiger charge is -2.20.